The molecule has 1 aromatic carbocycles. The van der Waals surface area contributed by atoms with Crippen LogP contribution in [0.25, 0.3) is 10.9 Å². The average Bonchev–Trinajstić information content (AvgIpc) is 2.60. The quantitative estimate of drug-likeness (QED) is 0.865. The van der Waals surface area contributed by atoms with Crippen LogP contribution in [-0.2, 0) is 11.2 Å². The molecule has 0 saturated carbocycles. The number of nitrogens with one attached hydrogen (secondary N) is 2. The zero-order chi connectivity index (χ0) is 12.4. The average molecular weight is 251 g/mol. The molecule has 17 heavy (non-hydrogen) atoms. The lowest BCUT2D eigenvalue weighted by atomic mass is 10.1. The molecule has 0 aliphatic rings. The SMILES string of the molecule is CC(C)NC(=O)Cc1c[nH]c2ccc(Cl)cc12. The van der Waals surface area contributed by atoms with Crippen LogP contribution in [0.3, 0.4) is 0 Å². The first-order valence-corrected chi connectivity index (χ1v) is 5.99. The Morgan fingerprint density at radius 1 is 1.47 bits per heavy atom. The maximum atomic E-state index is 11.7. The molecule has 2 N–H and O–H groups in total. The Morgan fingerprint density at radius 2 is 2.24 bits per heavy atom. The Morgan fingerprint density at radius 3 is 2.94 bits per heavy atom. The highest BCUT2D eigenvalue weighted by Crippen LogP contribution is 2.22. The van der Waals surface area contributed by atoms with E-state index in [1.807, 2.05) is 38.2 Å². The molecule has 0 aliphatic heterocycles. The van der Waals surface area contributed by atoms with Gasteiger partial charge < -0.3 is 10.3 Å². The van der Waals surface area contributed by atoms with Crippen LogP contribution in [0.5, 0.6) is 0 Å². The molecule has 0 atom stereocenters. The summed E-state index contributed by atoms with van der Waals surface area (Å²) in [6, 6.07) is 5.79. The van der Waals surface area contributed by atoms with Crippen LogP contribution in [0.2, 0.25) is 5.02 Å². The second kappa shape index (κ2) is 4.80. The number of benzene rings is 1. The number of carbonyl (C=O) groups excluding carboxylic acids is 1. The lowest BCUT2D eigenvalue weighted by Crippen LogP contribution is -2.31. The van der Waals surface area contributed by atoms with Gasteiger partial charge in [0.05, 0.1) is 6.42 Å². The van der Waals surface area contributed by atoms with Gasteiger partial charge in [-0.15, -0.1) is 0 Å². The summed E-state index contributed by atoms with van der Waals surface area (Å²) in [7, 11) is 0. The predicted molar refractivity (Wildman–Crippen MR) is 70.3 cm³/mol. The lowest BCUT2D eigenvalue weighted by Gasteiger charge is -2.07. The van der Waals surface area contributed by atoms with Crippen LogP contribution in [0.1, 0.15) is 19.4 Å². The van der Waals surface area contributed by atoms with E-state index < -0.39 is 0 Å². The van der Waals surface area contributed by atoms with Crippen LogP contribution < -0.4 is 5.32 Å². The summed E-state index contributed by atoms with van der Waals surface area (Å²) in [6.45, 7) is 3.90. The van der Waals surface area contributed by atoms with E-state index in [0.29, 0.717) is 11.4 Å². The van der Waals surface area contributed by atoms with Crippen molar-refractivity contribution < 1.29 is 4.79 Å². The van der Waals surface area contributed by atoms with Gasteiger partial charge in [-0.05, 0) is 37.6 Å². The van der Waals surface area contributed by atoms with Crippen molar-refractivity contribution >= 4 is 28.4 Å². The minimum absolute atomic E-state index is 0.0286. The highest BCUT2D eigenvalue weighted by molar-refractivity contribution is 6.31. The number of H-pyrrole nitrogens is 1. The van der Waals surface area contributed by atoms with Gasteiger partial charge in [0.2, 0.25) is 5.91 Å². The first-order chi connectivity index (χ1) is 8.06. The van der Waals surface area contributed by atoms with E-state index >= 15 is 0 Å². The van der Waals surface area contributed by atoms with E-state index in [1.165, 1.54) is 0 Å². The molecule has 1 aromatic heterocycles. The zero-order valence-corrected chi connectivity index (χ0v) is 10.6. The van der Waals surface area contributed by atoms with Crippen LogP contribution >= 0.6 is 11.6 Å². The number of hydrogen-bond donors (Lipinski definition) is 2. The minimum Gasteiger partial charge on any atom is -0.361 e. The van der Waals surface area contributed by atoms with Gasteiger partial charge in [0, 0.05) is 28.2 Å². The van der Waals surface area contributed by atoms with Gasteiger partial charge in [-0.3, -0.25) is 4.79 Å². The Labute approximate surface area is 105 Å². The fourth-order valence-electron chi connectivity index (χ4n) is 1.84. The molecule has 0 spiro atoms. The van der Waals surface area contributed by atoms with Crippen molar-refractivity contribution in [2.75, 3.05) is 0 Å². The number of carbonyl (C=O) groups is 1. The third kappa shape index (κ3) is 2.80. The van der Waals surface area contributed by atoms with Gasteiger partial charge in [-0.25, -0.2) is 0 Å². The third-order valence-electron chi connectivity index (χ3n) is 2.53. The van der Waals surface area contributed by atoms with Crippen molar-refractivity contribution in [2.24, 2.45) is 0 Å². The van der Waals surface area contributed by atoms with Crippen molar-refractivity contribution in [1.29, 1.82) is 0 Å². The molecule has 0 fully saturated rings. The number of amides is 1. The van der Waals surface area contributed by atoms with E-state index in [9.17, 15) is 4.79 Å². The maximum Gasteiger partial charge on any atom is 0.224 e. The summed E-state index contributed by atoms with van der Waals surface area (Å²) in [4.78, 5) is 14.8. The number of rotatable bonds is 3. The third-order valence-corrected chi connectivity index (χ3v) is 2.77. The van der Waals surface area contributed by atoms with Crippen molar-refractivity contribution in [3.8, 4) is 0 Å². The van der Waals surface area contributed by atoms with Gasteiger partial charge >= 0.3 is 0 Å². The minimum atomic E-state index is 0.0286. The summed E-state index contributed by atoms with van der Waals surface area (Å²) in [6.07, 6.45) is 2.24. The molecule has 90 valence electrons. The second-order valence-electron chi connectivity index (χ2n) is 4.40. The summed E-state index contributed by atoms with van der Waals surface area (Å²) >= 11 is 5.95. The van der Waals surface area contributed by atoms with Crippen molar-refractivity contribution in [3.05, 3.63) is 35.0 Å². The van der Waals surface area contributed by atoms with Crippen LogP contribution in [0, 0.1) is 0 Å². The highest BCUT2D eigenvalue weighted by Gasteiger charge is 2.09. The van der Waals surface area contributed by atoms with E-state index in [2.05, 4.69) is 10.3 Å². The van der Waals surface area contributed by atoms with Crippen molar-refractivity contribution in [1.82, 2.24) is 10.3 Å². The highest BCUT2D eigenvalue weighted by atomic mass is 35.5. The molecule has 4 heteroatoms. The Bertz CT molecular complexity index is 545. The Hall–Kier alpha value is -1.48. The van der Waals surface area contributed by atoms with E-state index in [1.54, 1.807) is 0 Å². The normalized spacial score (nSPS) is 11.1. The summed E-state index contributed by atoms with van der Waals surface area (Å²) in [5, 5.41) is 4.57. The molecule has 2 aromatic rings. The predicted octanol–water partition coefficient (Wildman–Crippen LogP) is 2.89. The van der Waals surface area contributed by atoms with E-state index in [0.717, 1.165) is 16.5 Å². The van der Waals surface area contributed by atoms with Gasteiger partial charge in [-0.2, -0.15) is 0 Å². The van der Waals surface area contributed by atoms with E-state index in [-0.39, 0.29) is 11.9 Å². The first-order valence-electron chi connectivity index (χ1n) is 5.61. The topological polar surface area (TPSA) is 44.9 Å². The van der Waals surface area contributed by atoms with Crippen molar-refractivity contribution in [3.63, 3.8) is 0 Å². The molecule has 0 bridgehead atoms. The molecule has 0 radical (unpaired) electrons. The van der Waals surface area contributed by atoms with Gasteiger partial charge in [0.1, 0.15) is 0 Å². The number of aromatic amines is 1. The smallest absolute Gasteiger partial charge is 0.224 e. The number of aromatic nitrogens is 1. The van der Waals surface area contributed by atoms with Gasteiger partial charge in [0.25, 0.3) is 0 Å². The van der Waals surface area contributed by atoms with Crippen LogP contribution in [0.4, 0.5) is 0 Å². The molecule has 2 rings (SSSR count). The van der Waals surface area contributed by atoms with Crippen LogP contribution in [0.15, 0.2) is 24.4 Å². The summed E-state index contributed by atoms with van der Waals surface area (Å²) < 4.78 is 0. The van der Waals surface area contributed by atoms with Crippen molar-refractivity contribution in [2.45, 2.75) is 26.3 Å². The van der Waals surface area contributed by atoms with Gasteiger partial charge in [0.15, 0.2) is 0 Å². The molecule has 0 unspecified atom stereocenters. The first kappa shape index (κ1) is 12.0. The maximum absolute atomic E-state index is 11.7. The Balaban J connectivity index is 2.24. The number of fused-ring (bicyclic) bond motifs is 1. The molecule has 0 aliphatic carbocycles. The zero-order valence-electron chi connectivity index (χ0n) is 9.88. The monoisotopic (exact) mass is 250 g/mol. The molecule has 0 saturated heterocycles. The summed E-state index contributed by atoms with van der Waals surface area (Å²) in [5.41, 5.74) is 1.97. The fraction of sp³-hybridized carbons (Fsp3) is 0.308. The standard InChI is InChI=1S/C13H15ClN2O/c1-8(2)16-13(17)5-9-7-15-12-4-3-10(14)6-11(9)12/h3-4,6-8,15H,5H2,1-2H3,(H,16,17). The molecular weight excluding hydrogens is 236 g/mol. The largest absolute Gasteiger partial charge is 0.361 e. The van der Waals surface area contributed by atoms with E-state index in [4.69, 9.17) is 11.6 Å². The summed E-state index contributed by atoms with van der Waals surface area (Å²) in [5.74, 6) is 0.0286. The Kier molecular flexibility index (Phi) is 3.38. The molecule has 1 heterocycles. The molecule has 1 amide bonds. The molecule has 3 nitrogen and oxygen atoms in total. The second-order valence-corrected chi connectivity index (χ2v) is 4.84. The number of hydrogen-bond acceptors (Lipinski definition) is 1. The van der Waals surface area contributed by atoms with Crippen LogP contribution in [-0.4, -0.2) is 16.9 Å². The lowest BCUT2D eigenvalue weighted by molar-refractivity contribution is -0.120. The van der Waals surface area contributed by atoms with Gasteiger partial charge in [-0.1, -0.05) is 11.6 Å². The number of halogens is 1. The fourth-order valence-corrected chi connectivity index (χ4v) is 2.01. The molecular formula is C13H15ClN2O.